The summed E-state index contributed by atoms with van der Waals surface area (Å²) in [6.07, 6.45) is 2.11. The van der Waals surface area contributed by atoms with Gasteiger partial charge in [-0.3, -0.25) is 4.79 Å². The third kappa shape index (κ3) is 4.09. The molecule has 2 aromatic carbocycles. The Bertz CT molecular complexity index is 949. The lowest BCUT2D eigenvalue weighted by Gasteiger charge is -2.38. The van der Waals surface area contributed by atoms with E-state index in [2.05, 4.69) is 11.9 Å². The summed E-state index contributed by atoms with van der Waals surface area (Å²) in [6, 6.07) is 19.2. The molecular formula is C23H24N2O3. The van der Waals surface area contributed by atoms with Gasteiger partial charge >= 0.3 is 0 Å². The van der Waals surface area contributed by atoms with Crippen LogP contribution in [0.3, 0.4) is 0 Å². The number of amides is 1. The average Bonchev–Trinajstić information content (AvgIpc) is 2.70. The van der Waals surface area contributed by atoms with Crippen molar-refractivity contribution in [2.45, 2.75) is 25.9 Å². The summed E-state index contributed by atoms with van der Waals surface area (Å²) >= 11 is 0. The summed E-state index contributed by atoms with van der Waals surface area (Å²) in [5.41, 5.74) is 1.58. The molecule has 1 aliphatic heterocycles. The van der Waals surface area contributed by atoms with Gasteiger partial charge in [-0.05, 0) is 42.8 Å². The largest absolute Gasteiger partial charge is 0.494 e. The predicted molar refractivity (Wildman–Crippen MR) is 109 cm³/mol. The van der Waals surface area contributed by atoms with Gasteiger partial charge in [0.1, 0.15) is 11.9 Å². The number of benzene rings is 2. The SMILES string of the molecule is CCCCOc1ccc(C(=O)N2CC(Oc3ccc4ccccc4n3)C2)cc1. The fraction of sp³-hybridized carbons (Fsp3) is 0.304. The number of hydrogen-bond donors (Lipinski definition) is 0. The smallest absolute Gasteiger partial charge is 0.254 e. The van der Waals surface area contributed by atoms with E-state index in [-0.39, 0.29) is 12.0 Å². The molecule has 0 unspecified atom stereocenters. The Morgan fingerprint density at radius 2 is 1.86 bits per heavy atom. The highest BCUT2D eigenvalue weighted by molar-refractivity contribution is 5.95. The van der Waals surface area contributed by atoms with Crippen LogP contribution in [0.5, 0.6) is 11.6 Å². The van der Waals surface area contributed by atoms with Crippen molar-refractivity contribution >= 4 is 16.8 Å². The predicted octanol–water partition coefficient (Wildman–Crippen LogP) is 4.32. The van der Waals surface area contributed by atoms with Gasteiger partial charge < -0.3 is 14.4 Å². The zero-order valence-electron chi connectivity index (χ0n) is 16.0. The van der Waals surface area contributed by atoms with Gasteiger partial charge in [-0.15, -0.1) is 0 Å². The number of rotatable bonds is 7. The maximum atomic E-state index is 12.6. The van der Waals surface area contributed by atoms with Crippen LogP contribution >= 0.6 is 0 Å². The van der Waals surface area contributed by atoms with Crippen molar-refractivity contribution < 1.29 is 14.3 Å². The van der Waals surface area contributed by atoms with E-state index in [1.807, 2.05) is 60.7 Å². The number of para-hydroxylation sites is 1. The van der Waals surface area contributed by atoms with E-state index in [0.717, 1.165) is 29.5 Å². The molecule has 1 saturated heterocycles. The van der Waals surface area contributed by atoms with Crippen LogP contribution in [-0.2, 0) is 0 Å². The first-order valence-electron chi connectivity index (χ1n) is 9.77. The Morgan fingerprint density at radius 1 is 1.07 bits per heavy atom. The summed E-state index contributed by atoms with van der Waals surface area (Å²) < 4.78 is 11.6. The van der Waals surface area contributed by atoms with Gasteiger partial charge in [0.2, 0.25) is 5.88 Å². The summed E-state index contributed by atoms with van der Waals surface area (Å²) in [4.78, 5) is 18.9. The molecule has 144 valence electrons. The number of likely N-dealkylation sites (tertiary alicyclic amines) is 1. The van der Waals surface area contributed by atoms with Gasteiger partial charge in [0.05, 0.1) is 25.2 Å². The molecule has 2 heterocycles. The zero-order chi connectivity index (χ0) is 19.3. The maximum absolute atomic E-state index is 12.6. The van der Waals surface area contributed by atoms with Crippen molar-refractivity contribution in [1.82, 2.24) is 9.88 Å². The van der Waals surface area contributed by atoms with Crippen LogP contribution in [0.15, 0.2) is 60.7 Å². The molecule has 0 spiro atoms. The second kappa shape index (κ2) is 8.30. The molecule has 0 aliphatic carbocycles. The first-order valence-corrected chi connectivity index (χ1v) is 9.77. The summed E-state index contributed by atoms with van der Waals surface area (Å²) in [7, 11) is 0. The summed E-state index contributed by atoms with van der Waals surface area (Å²) in [6.45, 7) is 3.98. The lowest BCUT2D eigenvalue weighted by Crippen LogP contribution is -2.56. The molecule has 0 radical (unpaired) electrons. The minimum Gasteiger partial charge on any atom is -0.494 e. The molecule has 5 nitrogen and oxygen atoms in total. The van der Waals surface area contributed by atoms with Gasteiger partial charge in [-0.25, -0.2) is 4.98 Å². The quantitative estimate of drug-likeness (QED) is 0.577. The fourth-order valence-electron chi connectivity index (χ4n) is 3.17. The van der Waals surface area contributed by atoms with Crippen LogP contribution < -0.4 is 9.47 Å². The number of fused-ring (bicyclic) bond motifs is 1. The van der Waals surface area contributed by atoms with Crippen LogP contribution in [0.4, 0.5) is 0 Å². The molecule has 1 aromatic heterocycles. The van der Waals surface area contributed by atoms with Crippen molar-refractivity contribution in [3.05, 3.63) is 66.2 Å². The third-order valence-electron chi connectivity index (χ3n) is 4.86. The van der Waals surface area contributed by atoms with Gasteiger partial charge in [0, 0.05) is 17.0 Å². The first-order chi connectivity index (χ1) is 13.7. The molecule has 1 amide bonds. The summed E-state index contributed by atoms with van der Waals surface area (Å²) in [5.74, 6) is 1.42. The number of pyridine rings is 1. The van der Waals surface area contributed by atoms with E-state index in [4.69, 9.17) is 9.47 Å². The number of carbonyl (C=O) groups is 1. The normalized spacial score (nSPS) is 14.0. The molecule has 0 atom stereocenters. The minimum absolute atomic E-state index is 0.0192. The van der Waals surface area contributed by atoms with Crippen molar-refractivity contribution in [1.29, 1.82) is 0 Å². The molecule has 1 aliphatic rings. The van der Waals surface area contributed by atoms with Crippen LogP contribution in [0.25, 0.3) is 10.9 Å². The zero-order valence-corrected chi connectivity index (χ0v) is 16.0. The van der Waals surface area contributed by atoms with Crippen LogP contribution in [0.2, 0.25) is 0 Å². The number of ether oxygens (including phenoxy) is 2. The second-order valence-corrected chi connectivity index (χ2v) is 7.02. The lowest BCUT2D eigenvalue weighted by atomic mass is 10.1. The lowest BCUT2D eigenvalue weighted by molar-refractivity contribution is 0.0161. The highest BCUT2D eigenvalue weighted by Crippen LogP contribution is 2.22. The number of hydrogen-bond acceptors (Lipinski definition) is 4. The molecular weight excluding hydrogens is 352 g/mol. The van der Waals surface area contributed by atoms with Gasteiger partial charge in [0.25, 0.3) is 5.91 Å². The maximum Gasteiger partial charge on any atom is 0.254 e. The van der Waals surface area contributed by atoms with Crippen LogP contribution in [0.1, 0.15) is 30.1 Å². The van der Waals surface area contributed by atoms with E-state index in [0.29, 0.717) is 31.1 Å². The van der Waals surface area contributed by atoms with Crippen LogP contribution in [0, 0.1) is 0 Å². The molecule has 1 fully saturated rings. The van der Waals surface area contributed by atoms with E-state index in [1.165, 1.54) is 0 Å². The van der Waals surface area contributed by atoms with Gasteiger partial charge in [-0.2, -0.15) is 0 Å². The summed E-state index contributed by atoms with van der Waals surface area (Å²) in [5, 5.41) is 1.09. The number of unbranched alkanes of at least 4 members (excludes halogenated alkanes) is 1. The molecule has 0 N–H and O–H groups in total. The minimum atomic E-state index is -0.0192. The Kier molecular flexibility index (Phi) is 5.42. The number of aromatic nitrogens is 1. The van der Waals surface area contributed by atoms with Crippen molar-refractivity contribution in [3.63, 3.8) is 0 Å². The molecule has 28 heavy (non-hydrogen) atoms. The standard InChI is InChI=1S/C23H24N2O3/c1-2-3-14-27-19-11-8-18(9-12-19)23(26)25-15-20(16-25)28-22-13-10-17-6-4-5-7-21(17)24-22/h4-13,20H,2-3,14-16H2,1H3. The van der Waals surface area contributed by atoms with E-state index >= 15 is 0 Å². The molecule has 0 saturated carbocycles. The molecule has 5 heteroatoms. The van der Waals surface area contributed by atoms with Gasteiger partial charge in [-0.1, -0.05) is 31.5 Å². The van der Waals surface area contributed by atoms with Crippen LogP contribution in [-0.4, -0.2) is 41.6 Å². The van der Waals surface area contributed by atoms with Crippen molar-refractivity contribution in [2.75, 3.05) is 19.7 Å². The number of nitrogens with zero attached hydrogens (tertiary/aromatic N) is 2. The Balaban J connectivity index is 1.29. The van der Waals surface area contributed by atoms with E-state index in [9.17, 15) is 4.79 Å². The van der Waals surface area contributed by atoms with E-state index < -0.39 is 0 Å². The highest BCUT2D eigenvalue weighted by atomic mass is 16.5. The molecule has 0 bridgehead atoms. The topological polar surface area (TPSA) is 51.7 Å². The Labute approximate surface area is 164 Å². The third-order valence-corrected chi connectivity index (χ3v) is 4.86. The molecule has 3 aromatic rings. The first kappa shape index (κ1) is 18.3. The monoisotopic (exact) mass is 376 g/mol. The Morgan fingerprint density at radius 3 is 2.64 bits per heavy atom. The van der Waals surface area contributed by atoms with Crippen molar-refractivity contribution in [3.8, 4) is 11.6 Å². The van der Waals surface area contributed by atoms with Crippen molar-refractivity contribution in [2.24, 2.45) is 0 Å². The van der Waals surface area contributed by atoms with E-state index in [1.54, 1.807) is 4.90 Å². The number of carbonyl (C=O) groups excluding carboxylic acids is 1. The molecule has 4 rings (SSSR count). The second-order valence-electron chi connectivity index (χ2n) is 7.02. The highest BCUT2D eigenvalue weighted by Gasteiger charge is 2.33. The van der Waals surface area contributed by atoms with Gasteiger partial charge in [0.15, 0.2) is 0 Å². The average molecular weight is 376 g/mol. The Hall–Kier alpha value is -3.08. The fourth-order valence-corrected chi connectivity index (χ4v) is 3.17.